The van der Waals surface area contributed by atoms with E-state index in [9.17, 15) is 0 Å². The van der Waals surface area contributed by atoms with Crippen molar-refractivity contribution in [3.05, 3.63) is 0 Å². The summed E-state index contributed by atoms with van der Waals surface area (Å²) in [6, 6.07) is 1.30. The maximum atomic E-state index is 4.68. The Bertz CT molecular complexity index is 267. The molecule has 3 fully saturated rings. The summed E-state index contributed by atoms with van der Waals surface area (Å²) in [5, 5.41) is 10.5. The van der Waals surface area contributed by atoms with Crippen LogP contribution >= 0.6 is 0 Å². The first-order chi connectivity index (χ1) is 8.42. The molecule has 0 amide bonds. The quantitative estimate of drug-likeness (QED) is 0.681. The fourth-order valence-electron chi connectivity index (χ4n) is 3.28. The molecule has 3 N–H and O–H groups in total. The molecule has 2 aliphatic heterocycles. The fraction of sp³-hybridized carbons (Fsp3) is 0.923. The lowest BCUT2D eigenvalue weighted by Gasteiger charge is -2.23. The van der Waals surface area contributed by atoms with Crippen molar-refractivity contribution < 1.29 is 0 Å². The highest BCUT2D eigenvalue weighted by Gasteiger charge is 2.31. The van der Waals surface area contributed by atoms with Crippen molar-refractivity contribution in [3.8, 4) is 0 Å². The third-order valence-corrected chi connectivity index (χ3v) is 4.38. The molecule has 0 aromatic rings. The highest BCUT2D eigenvalue weighted by atomic mass is 15.3. The second-order valence-corrected chi connectivity index (χ2v) is 5.66. The molecule has 96 valence electrons. The van der Waals surface area contributed by atoms with Gasteiger partial charge in [0.05, 0.1) is 0 Å². The van der Waals surface area contributed by atoms with Crippen LogP contribution in [0.3, 0.4) is 0 Å². The molecule has 3 rings (SSSR count). The first kappa shape index (κ1) is 11.3. The Labute approximate surface area is 104 Å². The number of nitrogens with zero attached hydrogens (tertiary/aromatic N) is 1. The average Bonchev–Trinajstić information content (AvgIpc) is 2.96. The van der Waals surface area contributed by atoms with E-state index < -0.39 is 0 Å². The van der Waals surface area contributed by atoms with Crippen molar-refractivity contribution in [3.63, 3.8) is 0 Å². The van der Waals surface area contributed by atoms with Gasteiger partial charge in [-0.15, -0.1) is 0 Å². The molecule has 4 nitrogen and oxygen atoms in total. The molecule has 0 aromatic carbocycles. The number of fused-ring (bicyclic) bond motifs is 1. The highest BCUT2D eigenvalue weighted by molar-refractivity contribution is 5.82. The van der Waals surface area contributed by atoms with Gasteiger partial charge in [0.15, 0.2) is 5.96 Å². The van der Waals surface area contributed by atoms with E-state index in [1.165, 1.54) is 51.6 Å². The van der Waals surface area contributed by atoms with Gasteiger partial charge in [0.1, 0.15) is 0 Å². The van der Waals surface area contributed by atoms with Gasteiger partial charge >= 0.3 is 0 Å². The van der Waals surface area contributed by atoms with Gasteiger partial charge in [-0.1, -0.05) is 12.8 Å². The first-order valence-electron chi connectivity index (χ1n) is 7.20. The van der Waals surface area contributed by atoms with Crippen molar-refractivity contribution in [1.29, 1.82) is 0 Å². The predicted octanol–water partition coefficient (Wildman–Crippen LogP) is 0.846. The monoisotopic (exact) mass is 236 g/mol. The minimum atomic E-state index is 0.649. The van der Waals surface area contributed by atoms with Crippen LogP contribution in [0, 0.1) is 5.92 Å². The number of hydrogen-bond donors (Lipinski definition) is 3. The summed E-state index contributed by atoms with van der Waals surface area (Å²) in [6.45, 7) is 3.36. The number of rotatable bonds is 3. The van der Waals surface area contributed by atoms with E-state index in [0.717, 1.165) is 18.4 Å². The smallest absolute Gasteiger partial charge is 0.191 e. The van der Waals surface area contributed by atoms with Gasteiger partial charge in [-0.25, -0.2) is 0 Å². The third-order valence-electron chi connectivity index (χ3n) is 4.38. The van der Waals surface area contributed by atoms with Crippen LogP contribution in [0.25, 0.3) is 0 Å². The average molecular weight is 236 g/mol. The zero-order chi connectivity index (χ0) is 11.5. The van der Waals surface area contributed by atoms with Crippen molar-refractivity contribution in [2.45, 2.75) is 50.6 Å². The van der Waals surface area contributed by atoms with Crippen LogP contribution in [0.1, 0.15) is 38.5 Å². The molecule has 3 unspecified atom stereocenters. The third kappa shape index (κ3) is 2.73. The van der Waals surface area contributed by atoms with E-state index in [-0.39, 0.29) is 0 Å². The SMILES string of the molecule is C1CCC2NC(=NCCC3CCNC3)NC2C1. The van der Waals surface area contributed by atoms with Crippen molar-refractivity contribution in [2.24, 2.45) is 10.9 Å². The molecule has 4 heteroatoms. The second kappa shape index (κ2) is 5.25. The number of guanidine groups is 1. The molecule has 3 aliphatic rings. The van der Waals surface area contributed by atoms with Crippen molar-refractivity contribution in [2.75, 3.05) is 19.6 Å². The van der Waals surface area contributed by atoms with Gasteiger partial charge < -0.3 is 16.0 Å². The van der Waals surface area contributed by atoms with Crippen LogP contribution in [0.15, 0.2) is 4.99 Å². The van der Waals surface area contributed by atoms with E-state index in [0.29, 0.717) is 12.1 Å². The normalized spacial score (nSPS) is 36.2. The van der Waals surface area contributed by atoms with Gasteiger partial charge in [-0.05, 0) is 44.7 Å². The van der Waals surface area contributed by atoms with E-state index >= 15 is 0 Å². The highest BCUT2D eigenvalue weighted by Crippen LogP contribution is 2.21. The van der Waals surface area contributed by atoms with Gasteiger partial charge in [-0.3, -0.25) is 4.99 Å². The number of aliphatic imine (C=N–C) groups is 1. The van der Waals surface area contributed by atoms with Gasteiger partial charge in [0, 0.05) is 18.6 Å². The second-order valence-electron chi connectivity index (χ2n) is 5.66. The molecule has 2 heterocycles. The molecular formula is C13H24N4. The van der Waals surface area contributed by atoms with Crippen LogP contribution < -0.4 is 16.0 Å². The van der Waals surface area contributed by atoms with Crippen molar-refractivity contribution >= 4 is 5.96 Å². The summed E-state index contributed by atoms with van der Waals surface area (Å²) in [5.74, 6) is 1.91. The van der Waals surface area contributed by atoms with Crippen LogP contribution in [0.4, 0.5) is 0 Å². The number of hydrogen-bond acceptors (Lipinski definition) is 2. The maximum Gasteiger partial charge on any atom is 0.191 e. The molecule has 2 saturated heterocycles. The van der Waals surface area contributed by atoms with Gasteiger partial charge in [0.25, 0.3) is 0 Å². The molecule has 1 saturated carbocycles. The van der Waals surface area contributed by atoms with Crippen LogP contribution in [-0.2, 0) is 0 Å². The lowest BCUT2D eigenvalue weighted by atomic mass is 9.92. The fourth-order valence-corrected chi connectivity index (χ4v) is 3.28. The summed E-state index contributed by atoms with van der Waals surface area (Å²) in [4.78, 5) is 4.68. The Morgan fingerprint density at radius 2 is 1.82 bits per heavy atom. The number of nitrogens with one attached hydrogen (secondary N) is 3. The van der Waals surface area contributed by atoms with Crippen LogP contribution in [-0.4, -0.2) is 37.7 Å². The Hall–Kier alpha value is -0.770. The first-order valence-corrected chi connectivity index (χ1v) is 7.20. The van der Waals surface area contributed by atoms with E-state index in [1.807, 2.05) is 0 Å². The Kier molecular flexibility index (Phi) is 3.50. The molecule has 1 aliphatic carbocycles. The van der Waals surface area contributed by atoms with Crippen LogP contribution in [0.5, 0.6) is 0 Å². The Balaban J connectivity index is 1.44. The van der Waals surface area contributed by atoms with E-state index in [4.69, 9.17) is 0 Å². The van der Waals surface area contributed by atoms with Crippen molar-refractivity contribution in [1.82, 2.24) is 16.0 Å². The van der Waals surface area contributed by atoms with Gasteiger partial charge in [-0.2, -0.15) is 0 Å². The zero-order valence-corrected chi connectivity index (χ0v) is 10.5. The topological polar surface area (TPSA) is 48.5 Å². The summed E-state index contributed by atoms with van der Waals surface area (Å²) >= 11 is 0. The Morgan fingerprint density at radius 3 is 2.47 bits per heavy atom. The zero-order valence-electron chi connectivity index (χ0n) is 10.5. The molecule has 0 bridgehead atoms. The van der Waals surface area contributed by atoms with Gasteiger partial charge in [0.2, 0.25) is 0 Å². The van der Waals surface area contributed by atoms with Crippen LogP contribution in [0.2, 0.25) is 0 Å². The standard InChI is InChI=1S/C13H24N4/c1-2-4-12-11(3-1)16-13(17-12)15-8-6-10-5-7-14-9-10/h10-12,14H,1-9H2,(H2,15,16,17). The minimum absolute atomic E-state index is 0.649. The summed E-state index contributed by atoms with van der Waals surface area (Å²) in [7, 11) is 0. The molecule has 0 spiro atoms. The van der Waals surface area contributed by atoms with E-state index in [1.54, 1.807) is 0 Å². The lowest BCUT2D eigenvalue weighted by Crippen LogP contribution is -2.36. The van der Waals surface area contributed by atoms with E-state index in [2.05, 4.69) is 20.9 Å². The molecule has 0 aromatic heterocycles. The largest absolute Gasteiger partial charge is 0.352 e. The molecule has 17 heavy (non-hydrogen) atoms. The predicted molar refractivity (Wildman–Crippen MR) is 70.2 cm³/mol. The Morgan fingerprint density at radius 1 is 1.06 bits per heavy atom. The summed E-state index contributed by atoms with van der Waals surface area (Å²) in [5.41, 5.74) is 0. The molecule has 0 radical (unpaired) electrons. The summed E-state index contributed by atoms with van der Waals surface area (Å²) < 4.78 is 0. The maximum absolute atomic E-state index is 4.68. The molecular weight excluding hydrogens is 212 g/mol. The lowest BCUT2D eigenvalue weighted by molar-refractivity contribution is 0.374. The minimum Gasteiger partial charge on any atom is -0.352 e. The summed E-state index contributed by atoms with van der Waals surface area (Å²) in [6.07, 6.45) is 7.92. The molecule has 3 atom stereocenters.